The van der Waals surface area contributed by atoms with E-state index in [1.54, 1.807) is 12.1 Å². The monoisotopic (exact) mass is 368 g/mol. The van der Waals surface area contributed by atoms with Crippen molar-refractivity contribution in [2.45, 2.75) is 0 Å². The van der Waals surface area contributed by atoms with Crippen LogP contribution in [0.4, 0.5) is 17.6 Å². The van der Waals surface area contributed by atoms with Gasteiger partial charge in [0.05, 0.1) is 26.4 Å². The maximum atomic E-state index is 8.56. The van der Waals surface area contributed by atoms with Gasteiger partial charge in [0.2, 0.25) is 11.9 Å². The number of azide groups is 1. The normalized spacial score (nSPS) is 17.5. The van der Waals surface area contributed by atoms with E-state index in [1.807, 2.05) is 12.1 Å². The first-order chi connectivity index (χ1) is 13.3. The van der Waals surface area contributed by atoms with Crippen LogP contribution in [0, 0.1) is 0 Å². The lowest BCUT2D eigenvalue weighted by Gasteiger charge is -2.30. The van der Waals surface area contributed by atoms with Crippen LogP contribution in [0.15, 0.2) is 29.4 Å². The molecule has 3 heterocycles. The van der Waals surface area contributed by atoms with Gasteiger partial charge in [0.25, 0.3) is 0 Å². The molecule has 2 aliphatic rings. The van der Waals surface area contributed by atoms with Crippen molar-refractivity contribution in [3.05, 3.63) is 34.7 Å². The quantitative estimate of drug-likeness (QED) is 0.461. The Morgan fingerprint density at radius 2 is 1.33 bits per heavy atom. The molecule has 0 radical (unpaired) electrons. The molecule has 2 aliphatic heterocycles. The molecule has 0 amide bonds. The third-order valence-electron chi connectivity index (χ3n) is 4.49. The van der Waals surface area contributed by atoms with Crippen molar-refractivity contribution in [1.82, 2.24) is 15.0 Å². The van der Waals surface area contributed by atoms with Crippen LogP contribution in [0.25, 0.3) is 21.8 Å². The highest BCUT2D eigenvalue weighted by molar-refractivity contribution is 5.61. The standard InChI is InChI=1S/C17H20N8O2/c18-23-22-14-3-1-13(2-4-14)15-19-16(24-5-9-26-10-6-24)21-17(20-15)25-7-11-27-12-8-25/h1-4H,5-12H2. The fourth-order valence-corrected chi connectivity index (χ4v) is 3.02. The highest BCUT2D eigenvalue weighted by atomic mass is 16.5. The topological polar surface area (TPSA) is 112 Å². The van der Waals surface area contributed by atoms with Gasteiger partial charge < -0.3 is 19.3 Å². The minimum Gasteiger partial charge on any atom is -0.378 e. The SMILES string of the molecule is [N-]=[N+]=Nc1ccc(-c2nc(N3CCOCC3)nc(N3CCOCC3)n2)cc1. The first-order valence-electron chi connectivity index (χ1n) is 8.90. The Morgan fingerprint density at radius 3 is 1.81 bits per heavy atom. The zero-order chi connectivity index (χ0) is 18.5. The first-order valence-corrected chi connectivity index (χ1v) is 8.90. The molecule has 1 aromatic carbocycles. The molecular weight excluding hydrogens is 348 g/mol. The summed E-state index contributed by atoms with van der Waals surface area (Å²) in [4.78, 5) is 21.1. The van der Waals surface area contributed by atoms with Gasteiger partial charge in [0, 0.05) is 42.3 Å². The Kier molecular flexibility index (Phi) is 5.29. The van der Waals surface area contributed by atoms with E-state index >= 15 is 0 Å². The van der Waals surface area contributed by atoms with Gasteiger partial charge in [0.1, 0.15) is 0 Å². The van der Waals surface area contributed by atoms with Gasteiger partial charge in [-0.25, -0.2) is 0 Å². The Bertz CT molecular complexity index is 789. The first kappa shape index (κ1) is 17.5. The summed E-state index contributed by atoms with van der Waals surface area (Å²) in [6.07, 6.45) is 0. The summed E-state index contributed by atoms with van der Waals surface area (Å²) in [5.74, 6) is 1.91. The number of benzene rings is 1. The number of ether oxygens (including phenoxy) is 2. The summed E-state index contributed by atoms with van der Waals surface area (Å²) in [5, 5.41) is 3.61. The molecule has 2 fully saturated rings. The Morgan fingerprint density at radius 1 is 0.815 bits per heavy atom. The Labute approximate surface area is 156 Å². The zero-order valence-corrected chi connectivity index (χ0v) is 14.9. The van der Waals surface area contributed by atoms with Crippen LogP contribution in [-0.2, 0) is 9.47 Å². The fourth-order valence-electron chi connectivity index (χ4n) is 3.02. The third-order valence-corrected chi connectivity index (χ3v) is 4.49. The molecule has 0 bridgehead atoms. The van der Waals surface area contributed by atoms with Crippen LogP contribution in [-0.4, -0.2) is 67.6 Å². The minimum atomic E-state index is 0.553. The van der Waals surface area contributed by atoms with Gasteiger partial charge >= 0.3 is 0 Å². The summed E-state index contributed by atoms with van der Waals surface area (Å²) in [5.41, 5.74) is 9.96. The smallest absolute Gasteiger partial charge is 0.230 e. The summed E-state index contributed by atoms with van der Waals surface area (Å²) in [7, 11) is 0. The average Bonchev–Trinajstić information content (AvgIpc) is 2.75. The molecule has 0 atom stereocenters. The molecular formula is C17H20N8O2. The molecule has 140 valence electrons. The molecule has 10 heteroatoms. The van der Waals surface area contributed by atoms with E-state index in [4.69, 9.17) is 20.0 Å². The molecule has 2 saturated heterocycles. The van der Waals surface area contributed by atoms with Crippen LogP contribution >= 0.6 is 0 Å². The Balaban J connectivity index is 1.71. The van der Waals surface area contributed by atoms with E-state index in [1.165, 1.54) is 0 Å². The average molecular weight is 368 g/mol. The number of rotatable bonds is 4. The van der Waals surface area contributed by atoms with Crippen molar-refractivity contribution in [3.8, 4) is 11.4 Å². The second-order valence-electron chi connectivity index (χ2n) is 6.19. The van der Waals surface area contributed by atoms with Crippen LogP contribution in [0.1, 0.15) is 0 Å². The zero-order valence-electron chi connectivity index (χ0n) is 14.9. The number of nitrogens with zero attached hydrogens (tertiary/aromatic N) is 8. The molecule has 0 N–H and O–H groups in total. The van der Waals surface area contributed by atoms with Crippen molar-refractivity contribution >= 4 is 17.6 Å². The third kappa shape index (κ3) is 4.08. The summed E-state index contributed by atoms with van der Waals surface area (Å²) >= 11 is 0. The van der Waals surface area contributed by atoms with Crippen molar-refractivity contribution in [3.63, 3.8) is 0 Å². The number of hydrogen-bond donors (Lipinski definition) is 0. The lowest BCUT2D eigenvalue weighted by atomic mass is 10.2. The highest BCUT2D eigenvalue weighted by Crippen LogP contribution is 2.24. The van der Waals surface area contributed by atoms with Crippen LogP contribution in [0.5, 0.6) is 0 Å². The summed E-state index contributed by atoms with van der Waals surface area (Å²) in [6, 6.07) is 7.21. The molecule has 0 saturated carbocycles. The number of aromatic nitrogens is 3. The van der Waals surface area contributed by atoms with E-state index in [0.717, 1.165) is 31.7 Å². The maximum Gasteiger partial charge on any atom is 0.230 e. The molecule has 27 heavy (non-hydrogen) atoms. The lowest BCUT2D eigenvalue weighted by Crippen LogP contribution is -2.40. The maximum absolute atomic E-state index is 8.56. The van der Waals surface area contributed by atoms with Gasteiger partial charge in [-0.1, -0.05) is 29.4 Å². The summed E-state index contributed by atoms with van der Waals surface area (Å²) in [6.45, 7) is 5.65. The molecule has 0 unspecified atom stereocenters. The number of hydrogen-bond acceptors (Lipinski definition) is 8. The number of anilines is 2. The lowest BCUT2D eigenvalue weighted by molar-refractivity contribution is 0.121. The number of morpholine rings is 2. The van der Waals surface area contributed by atoms with E-state index in [-0.39, 0.29) is 0 Å². The highest BCUT2D eigenvalue weighted by Gasteiger charge is 2.21. The minimum absolute atomic E-state index is 0.553. The van der Waals surface area contributed by atoms with Crippen LogP contribution in [0.3, 0.4) is 0 Å². The van der Waals surface area contributed by atoms with Gasteiger partial charge in [-0.3, -0.25) is 0 Å². The molecule has 10 nitrogen and oxygen atoms in total. The van der Waals surface area contributed by atoms with E-state index in [0.29, 0.717) is 49.8 Å². The molecule has 1 aromatic heterocycles. The van der Waals surface area contributed by atoms with Crippen LogP contribution in [0.2, 0.25) is 0 Å². The van der Waals surface area contributed by atoms with Crippen molar-refractivity contribution in [2.75, 3.05) is 62.4 Å². The molecule has 0 spiro atoms. The van der Waals surface area contributed by atoms with E-state index in [9.17, 15) is 0 Å². The van der Waals surface area contributed by atoms with Crippen molar-refractivity contribution in [2.24, 2.45) is 5.11 Å². The predicted molar refractivity (Wildman–Crippen MR) is 100 cm³/mol. The van der Waals surface area contributed by atoms with Crippen LogP contribution < -0.4 is 9.80 Å². The largest absolute Gasteiger partial charge is 0.378 e. The molecule has 2 aromatic rings. The Hall–Kier alpha value is -2.94. The van der Waals surface area contributed by atoms with Crippen molar-refractivity contribution < 1.29 is 9.47 Å². The second-order valence-corrected chi connectivity index (χ2v) is 6.19. The molecule has 4 rings (SSSR count). The second kappa shape index (κ2) is 8.17. The van der Waals surface area contributed by atoms with E-state index < -0.39 is 0 Å². The van der Waals surface area contributed by atoms with Gasteiger partial charge in [-0.15, -0.1) is 0 Å². The van der Waals surface area contributed by atoms with Crippen molar-refractivity contribution in [1.29, 1.82) is 0 Å². The van der Waals surface area contributed by atoms with Gasteiger partial charge in [-0.2, -0.15) is 15.0 Å². The van der Waals surface area contributed by atoms with Gasteiger partial charge in [-0.05, 0) is 5.53 Å². The fraction of sp³-hybridized carbons (Fsp3) is 0.471. The molecule has 0 aliphatic carbocycles. The van der Waals surface area contributed by atoms with Gasteiger partial charge in [0.15, 0.2) is 5.82 Å². The van der Waals surface area contributed by atoms with E-state index in [2.05, 4.69) is 29.8 Å². The predicted octanol–water partition coefficient (Wildman–Crippen LogP) is 2.15. The summed E-state index contributed by atoms with van der Waals surface area (Å²) < 4.78 is 10.9.